The van der Waals surface area contributed by atoms with E-state index in [1.807, 2.05) is 0 Å². The molecule has 0 saturated carbocycles. The summed E-state index contributed by atoms with van der Waals surface area (Å²) in [6.45, 7) is 1.80. The van der Waals surface area contributed by atoms with E-state index in [1.54, 1.807) is 25.9 Å². The third-order valence-corrected chi connectivity index (χ3v) is 1.28. The van der Waals surface area contributed by atoms with E-state index in [0.29, 0.717) is 0 Å². The van der Waals surface area contributed by atoms with E-state index in [4.69, 9.17) is 0 Å². The highest BCUT2D eigenvalue weighted by Gasteiger charge is 2.15. The Balaban J connectivity index is 3.81. The molecule has 0 aliphatic carbocycles. The number of nitrogens with zero attached hydrogens (tertiary/aromatic N) is 1. The van der Waals surface area contributed by atoms with Crippen molar-refractivity contribution in [2.75, 3.05) is 14.1 Å². The second-order valence-electron chi connectivity index (χ2n) is 2.17. The van der Waals surface area contributed by atoms with Crippen molar-refractivity contribution in [3.8, 4) is 0 Å². The summed E-state index contributed by atoms with van der Waals surface area (Å²) in [6, 6.07) is -0.370. The Bertz CT molecular complexity index is 133. The number of hydrogen-bond acceptors (Lipinski definition) is 4. The summed E-state index contributed by atoms with van der Waals surface area (Å²) < 4.78 is 4.10. The molecule has 0 rings (SSSR count). The van der Waals surface area contributed by atoms with E-state index >= 15 is 0 Å². The Hall–Kier alpha value is -0.900. The predicted octanol–water partition coefficient (Wildman–Crippen LogP) is -0.364. The number of ether oxygens (including phenoxy) is 1. The van der Waals surface area contributed by atoms with Crippen LogP contribution in [0, 0.1) is 0 Å². The van der Waals surface area contributed by atoms with Gasteiger partial charge >= 0.3 is 12.4 Å². The number of carbonyl (C=O) groups is 2. The fourth-order valence-corrected chi connectivity index (χ4v) is 0.357. The van der Waals surface area contributed by atoms with Crippen molar-refractivity contribution in [1.82, 2.24) is 4.90 Å². The molecule has 0 heterocycles. The second kappa shape index (κ2) is 4.00. The van der Waals surface area contributed by atoms with Gasteiger partial charge in [0.25, 0.3) is 0 Å². The van der Waals surface area contributed by atoms with E-state index in [2.05, 4.69) is 4.74 Å². The number of carbonyl (C=O) groups excluding carboxylic acids is 2. The lowest BCUT2D eigenvalue weighted by molar-refractivity contribution is -0.154. The van der Waals surface area contributed by atoms with E-state index in [9.17, 15) is 9.59 Å². The third-order valence-electron chi connectivity index (χ3n) is 1.28. The fraction of sp³-hybridized carbons (Fsp3) is 0.667. The Kier molecular flexibility index (Phi) is 3.64. The van der Waals surface area contributed by atoms with E-state index in [-0.39, 0.29) is 12.5 Å². The SMILES string of the molecule is C[C@@H](C(=O)OC=O)N(C)C. The maximum atomic E-state index is 10.7. The van der Waals surface area contributed by atoms with Crippen LogP contribution in [0.4, 0.5) is 0 Å². The Morgan fingerprint density at radius 3 is 2.40 bits per heavy atom. The summed E-state index contributed by atoms with van der Waals surface area (Å²) in [5.41, 5.74) is 0. The molecular weight excluding hydrogens is 134 g/mol. The van der Waals surface area contributed by atoms with Crippen LogP contribution in [0.2, 0.25) is 0 Å². The van der Waals surface area contributed by atoms with Gasteiger partial charge < -0.3 is 4.74 Å². The second-order valence-corrected chi connectivity index (χ2v) is 2.17. The summed E-state index contributed by atoms with van der Waals surface area (Å²) >= 11 is 0. The highest BCUT2D eigenvalue weighted by Crippen LogP contribution is 1.92. The van der Waals surface area contributed by atoms with Crippen LogP contribution in [-0.2, 0) is 14.3 Å². The largest absolute Gasteiger partial charge is 0.394 e. The standard InChI is InChI=1S/C6H11NO3/c1-5(7(2)3)6(9)10-4-8/h4-5H,1-3H3/t5-/m0/s1. The summed E-state index contributed by atoms with van der Waals surface area (Å²) in [4.78, 5) is 22.0. The normalized spacial score (nSPS) is 12.8. The number of rotatable bonds is 3. The molecule has 58 valence electrons. The van der Waals surface area contributed by atoms with Gasteiger partial charge in [0.2, 0.25) is 0 Å². The first kappa shape index (κ1) is 9.10. The number of hydrogen-bond donors (Lipinski definition) is 0. The molecule has 0 amide bonds. The molecule has 0 fully saturated rings. The summed E-state index contributed by atoms with van der Waals surface area (Å²) in [6.07, 6.45) is 0. The maximum Gasteiger partial charge on any atom is 0.330 e. The van der Waals surface area contributed by atoms with Crippen LogP contribution >= 0.6 is 0 Å². The first-order valence-electron chi connectivity index (χ1n) is 2.90. The van der Waals surface area contributed by atoms with Crippen LogP contribution in [0.1, 0.15) is 6.92 Å². The minimum Gasteiger partial charge on any atom is -0.394 e. The zero-order chi connectivity index (χ0) is 8.15. The Morgan fingerprint density at radius 1 is 1.60 bits per heavy atom. The molecule has 1 atom stereocenters. The molecule has 10 heavy (non-hydrogen) atoms. The summed E-state index contributed by atoms with van der Waals surface area (Å²) in [5.74, 6) is -0.528. The van der Waals surface area contributed by atoms with Gasteiger partial charge in [-0.1, -0.05) is 0 Å². The van der Waals surface area contributed by atoms with Crippen LogP contribution < -0.4 is 0 Å². The van der Waals surface area contributed by atoms with Gasteiger partial charge in [0.1, 0.15) is 6.04 Å². The molecule has 0 unspecified atom stereocenters. The van der Waals surface area contributed by atoms with Crippen LogP contribution in [0.25, 0.3) is 0 Å². The van der Waals surface area contributed by atoms with E-state index in [1.165, 1.54) is 0 Å². The van der Waals surface area contributed by atoms with E-state index < -0.39 is 5.97 Å². The van der Waals surface area contributed by atoms with Crippen LogP contribution in [0.15, 0.2) is 0 Å². The molecule has 0 aromatic rings. The molecular formula is C6H11NO3. The molecule has 0 aliphatic heterocycles. The zero-order valence-electron chi connectivity index (χ0n) is 6.33. The van der Waals surface area contributed by atoms with Gasteiger partial charge in [-0.3, -0.25) is 9.69 Å². The lowest BCUT2D eigenvalue weighted by Crippen LogP contribution is -2.33. The molecule has 0 bridgehead atoms. The minimum atomic E-state index is -0.528. The van der Waals surface area contributed by atoms with Crippen molar-refractivity contribution in [3.05, 3.63) is 0 Å². The van der Waals surface area contributed by atoms with Gasteiger partial charge in [0, 0.05) is 0 Å². The van der Waals surface area contributed by atoms with Crippen LogP contribution in [0.5, 0.6) is 0 Å². The van der Waals surface area contributed by atoms with Crippen molar-refractivity contribution < 1.29 is 14.3 Å². The molecule has 0 radical (unpaired) electrons. The monoisotopic (exact) mass is 145 g/mol. The van der Waals surface area contributed by atoms with Gasteiger partial charge in [-0.15, -0.1) is 0 Å². The van der Waals surface area contributed by atoms with Gasteiger partial charge in [-0.2, -0.15) is 0 Å². The topological polar surface area (TPSA) is 46.6 Å². The fourth-order valence-electron chi connectivity index (χ4n) is 0.357. The highest BCUT2D eigenvalue weighted by atomic mass is 16.6. The molecule has 4 nitrogen and oxygen atoms in total. The Labute approximate surface area is 59.8 Å². The molecule has 0 aromatic heterocycles. The summed E-state index contributed by atoms with van der Waals surface area (Å²) in [5, 5.41) is 0. The van der Waals surface area contributed by atoms with Crippen molar-refractivity contribution in [1.29, 1.82) is 0 Å². The number of esters is 1. The highest BCUT2D eigenvalue weighted by molar-refractivity contribution is 5.80. The number of likely N-dealkylation sites (N-methyl/N-ethyl adjacent to an activating group) is 1. The predicted molar refractivity (Wildman–Crippen MR) is 35.3 cm³/mol. The van der Waals surface area contributed by atoms with Crippen LogP contribution in [0.3, 0.4) is 0 Å². The van der Waals surface area contributed by atoms with Crippen molar-refractivity contribution in [2.24, 2.45) is 0 Å². The average Bonchev–Trinajstić information content (AvgIpc) is 1.87. The summed E-state index contributed by atoms with van der Waals surface area (Å²) in [7, 11) is 3.47. The molecule has 0 spiro atoms. The molecule has 0 aromatic carbocycles. The average molecular weight is 145 g/mol. The minimum absolute atomic E-state index is 0.141. The van der Waals surface area contributed by atoms with Gasteiger partial charge in [-0.25, -0.2) is 4.79 Å². The zero-order valence-corrected chi connectivity index (χ0v) is 6.33. The first-order chi connectivity index (χ1) is 4.59. The lowest BCUT2D eigenvalue weighted by Gasteiger charge is -2.15. The third kappa shape index (κ3) is 2.59. The first-order valence-corrected chi connectivity index (χ1v) is 2.90. The van der Waals surface area contributed by atoms with Gasteiger partial charge in [-0.05, 0) is 21.0 Å². The maximum absolute atomic E-state index is 10.7. The quantitative estimate of drug-likeness (QED) is 0.309. The molecule has 4 heteroatoms. The van der Waals surface area contributed by atoms with Gasteiger partial charge in [0.15, 0.2) is 0 Å². The van der Waals surface area contributed by atoms with Crippen LogP contribution in [-0.4, -0.2) is 37.5 Å². The molecule has 0 aliphatic rings. The lowest BCUT2D eigenvalue weighted by atomic mass is 10.3. The van der Waals surface area contributed by atoms with Gasteiger partial charge in [0.05, 0.1) is 0 Å². The Morgan fingerprint density at radius 2 is 2.10 bits per heavy atom. The molecule has 0 N–H and O–H groups in total. The van der Waals surface area contributed by atoms with E-state index in [0.717, 1.165) is 0 Å². The molecule has 0 saturated heterocycles. The van der Waals surface area contributed by atoms with Crippen molar-refractivity contribution in [3.63, 3.8) is 0 Å². The smallest absolute Gasteiger partial charge is 0.330 e. The van der Waals surface area contributed by atoms with Crippen molar-refractivity contribution >= 4 is 12.4 Å². The van der Waals surface area contributed by atoms with Crippen molar-refractivity contribution in [2.45, 2.75) is 13.0 Å².